The molecular formula is C7H7N2O2RbS. The van der Waals surface area contributed by atoms with Gasteiger partial charge < -0.3 is 9.71 Å². The molecule has 1 aliphatic rings. The molecule has 0 spiro atoms. The van der Waals surface area contributed by atoms with Crippen LogP contribution in [0.2, 0.25) is 0 Å². The molecule has 2 rings (SSSR count). The quantitative estimate of drug-likeness (QED) is 0.560. The van der Waals surface area contributed by atoms with Gasteiger partial charge in [-0.25, -0.2) is 8.42 Å². The molecule has 0 aliphatic carbocycles. The Hall–Kier alpha value is 0.705. The molecule has 0 saturated heterocycles. The van der Waals surface area contributed by atoms with Crippen LogP contribution in [0.5, 0.6) is 0 Å². The zero-order valence-electron chi connectivity index (χ0n) is 7.48. The maximum atomic E-state index is 11.0. The van der Waals surface area contributed by atoms with E-state index in [0.717, 1.165) is 11.1 Å². The largest absolute Gasteiger partial charge is 1.00 e. The molecule has 0 radical (unpaired) electrons. The Bertz CT molecular complexity index is 430. The second kappa shape index (κ2) is 4.06. The SMILES string of the molecule is Cc1ccnc2c1CS(=O)(=O)[N-]2.[Rb+]. The number of nitrogens with zero attached hydrogens (tertiary/aromatic N) is 2. The molecule has 1 aliphatic heterocycles. The van der Waals surface area contributed by atoms with Crippen molar-refractivity contribution in [3.8, 4) is 0 Å². The van der Waals surface area contributed by atoms with Crippen LogP contribution in [0.4, 0.5) is 5.82 Å². The van der Waals surface area contributed by atoms with Gasteiger partial charge in [0.25, 0.3) is 0 Å². The summed E-state index contributed by atoms with van der Waals surface area (Å²) in [6, 6.07) is 1.79. The van der Waals surface area contributed by atoms with E-state index in [9.17, 15) is 8.42 Å². The average molecular weight is 269 g/mol. The summed E-state index contributed by atoms with van der Waals surface area (Å²) < 4.78 is 25.6. The van der Waals surface area contributed by atoms with Crippen molar-refractivity contribution in [3.05, 3.63) is 28.1 Å². The van der Waals surface area contributed by atoms with Gasteiger partial charge in [0, 0.05) is 0 Å². The Morgan fingerprint density at radius 2 is 2.23 bits per heavy atom. The molecule has 2 heterocycles. The topological polar surface area (TPSA) is 61.1 Å². The summed E-state index contributed by atoms with van der Waals surface area (Å²) >= 11 is 0. The van der Waals surface area contributed by atoms with Crippen molar-refractivity contribution in [2.45, 2.75) is 12.7 Å². The maximum absolute atomic E-state index is 11.0. The minimum absolute atomic E-state index is 0. The van der Waals surface area contributed by atoms with Gasteiger partial charge in [-0.2, -0.15) is 0 Å². The fraction of sp³-hybridized carbons (Fsp3) is 0.286. The summed E-state index contributed by atoms with van der Waals surface area (Å²) in [5.74, 6) is 0.358. The molecule has 0 unspecified atom stereocenters. The molecule has 0 saturated carbocycles. The molecular weight excluding hydrogens is 262 g/mol. The Balaban J connectivity index is 0.000000845. The third-order valence-corrected chi connectivity index (χ3v) is 2.92. The van der Waals surface area contributed by atoms with Crippen molar-refractivity contribution in [2.75, 3.05) is 0 Å². The third kappa shape index (κ3) is 2.39. The van der Waals surface area contributed by atoms with E-state index < -0.39 is 10.0 Å². The van der Waals surface area contributed by atoms with E-state index >= 15 is 0 Å². The first-order valence-electron chi connectivity index (χ1n) is 3.49. The number of rotatable bonds is 0. The molecule has 1 aromatic heterocycles. The van der Waals surface area contributed by atoms with Crippen molar-refractivity contribution in [2.24, 2.45) is 0 Å². The van der Waals surface area contributed by atoms with Crippen LogP contribution in [-0.4, -0.2) is 13.4 Å². The molecule has 0 fully saturated rings. The Kier molecular flexibility index (Phi) is 3.68. The van der Waals surface area contributed by atoms with Crippen LogP contribution in [-0.2, 0) is 15.8 Å². The average Bonchev–Trinajstić information content (AvgIpc) is 2.25. The van der Waals surface area contributed by atoms with E-state index in [2.05, 4.69) is 9.71 Å². The predicted molar refractivity (Wildman–Crippen MR) is 44.6 cm³/mol. The second-order valence-electron chi connectivity index (χ2n) is 2.75. The second-order valence-corrected chi connectivity index (χ2v) is 4.38. The number of pyridine rings is 1. The number of aryl methyl sites for hydroxylation is 1. The van der Waals surface area contributed by atoms with Crippen LogP contribution in [0.3, 0.4) is 0 Å². The number of aromatic nitrogens is 1. The van der Waals surface area contributed by atoms with Crippen molar-refractivity contribution in [3.63, 3.8) is 0 Å². The zero-order valence-corrected chi connectivity index (χ0v) is 13.2. The Labute approximate surface area is 126 Å². The van der Waals surface area contributed by atoms with Gasteiger partial charge in [-0.15, -0.1) is 0 Å². The number of hydrogen-bond acceptors (Lipinski definition) is 3. The van der Waals surface area contributed by atoms with E-state index in [0.29, 0.717) is 5.82 Å². The van der Waals surface area contributed by atoms with E-state index in [1.807, 2.05) is 6.92 Å². The van der Waals surface area contributed by atoms with E-state index in [1.165, 1.54) is 0 Å². The van der Waals surface area contributed by atoms with Crippen LogP contribution >= 0.6 is 0 Å². The molecule has 64 valence electrons. The summed E-state index contributed by atoms with van der Waals surface area (Å²) in [5.41, 5.74) is 1.67. The van der Waals surface area contributed by atoms with Gasteiger partial charge in [0.1, 0.15) is 0 Å². The first-order valence-corrected chi connectivity index (χ1v) is 5.09. The van der Waals surface area contributed by atoms with Crippen LogP contribution < -0.4 is 58.2 Å². The summed E-state index contributed by atoms with van der Waals surface area (Å²) in [7, 11) is -3.27. The first-order chi connectivity index (χ1) is 5.58. The smallest absolute Gasteiger partial charge is 0.442 e. The summed E-state index contributed by atoms with van der Waals surface area (Å²) in [5, 5.41) is 0. The molecule has 6 heteroatoms. The summed E-state index contributed by atoms with van der Waals surface area (Å²) in [6.07, 6.45) is 1.57. The number of hydrogen-bond donors (Lipinski definition) is 0. The van der Waals surface area contributed by atoms with Crippen LogP contribution in [0, 0.1) is 6.92 Å². The molecule has 0 bridgehead atoms. The predicted octanol–water partition coefficient (Wildman–Crippen LogP) is -1.76. The maximum Gasteiger partial charge on any atom is 1.00 e. The van der Waals surface area contributed by atoms with E-state index in [-0.39, 0.29) is 63.9 Å². The summed E-state index contributed by atoms with van der Waals surface area (Å²) in [6.45, 7) is 1.86. The summed E-state index contributed by atoms with van der Waals surface area (Å²) in [4.78, 5) is 3.87. The van der Waals surface area contributed by atoms with Crippen molar-refractivity contribution < 1.29 is 66.6 Å². The molecule has 13 heavy (non-hydrogen) atoms. The van der Waals surface area contributed by atoms with Crippen LogP contribution in [0.15, 0.2) is 12.3 Å². The van der Waals surface area contributed by atoms with Gasteiger partial charge in [-0.05, 0) is 23.9 Å². The van der Waals surface area contributed by atoms with Crippen LogP contribution in [0.25, 0.3) is 4.72 Å². The van der Waals surface area contributed by atoms with E-state index in [4.69, 9.17) is 0 Å². The van der Waals surface area contributed by atoms with Gasteiger partial charge in [-0.3, -0.25) is 0 Å². The van der Waals surface area contributed by atoms with Crippen molar-refractivity contribution in [1.29, 1.82) is 0 Å². The zero-order chi connectivity index (χ0) is 8.77. The third-order valence-electron chi connectivity index (χ3n) is 1.82. The number of sulfonamides is 1. The van der Waals surface area contributed by atoms with Crippen molar-refractivity contribution in [1.82, 2.24) is 4.98 Å². The van der Waals surface area contributed by atoms with Gasteiger partial charge in [0.15, 0.2) is 10.0 Å². The molecule has 0 amide bonds. The Morgan fingerprint density at radius 1 is 1.54 bits per heavy atom. The monoisotopic (exact) mass is 268 g/mol. The van der Waals surface area contributed by atoms with Gasteiger partial charge >= 0.3 is 58.2 Å². The van der Waals surface area contributed by atoms with Gasteiger partial charge in [0.2, 0.25) is 0 Å². The van der Waals surface area contributed by atoms with Crippen molar-refractivity contribution >= 4 is 15.8 Å². The first kappa shape index (κ1) is 11.8. The fourth-order valence-corrected chi connectivity index (χ4v) is 2.38. The van der Waals surface area contributed by atoms with E-state index in [1.54, 1.807) is 12.3 Å². The minimum atomic E-state index is -3.27. The van der Waals surface area contributed by atoms with Gasteiger partial charge in [-0.1, -0.05) is 12.3 Å². The molecule has 0 N–H and O–H groups in total. The number of fused-ring (bicyclic) bond motifs is 1. The molecule has 4 nitrogen and oxygen atoms in total. The normalized spacial score (nSPS) is 17.0. The van der Waals surface area contributed by atoms with Crippen LogP contribution in [0.1, 0.15) is 11.1 Å². The molecule has 0 aromatic carbocycles. The Morgan fingerprint density at radius 3 is 2.85 bits per heavy atom. The molecule has 1 aromatic rings. The molecule has 0 atom stereocenters. The van der Waals surface area contributed by atoms with Gasteiger partial charge in [0.05, 0.1) is 5.75 Å². The fourth-order valence-electron chi connectivity index (χ4n) is 1.18. The standard InChI is InChI=1S/C7H7N2O2S.Rb/c1-5-2-3-8-7-6(5)4-12(10,11)9-7;/h2-3H,4H2,1H3;/q-1;+1. The minimum Gasteiger partial charge on any atom is -0.442 e.